The van der Waals surface area contributed by atoms with Gasteiger partial charge in [-0.05, 0) is 41.3 Å². The van der Waals surface area contributed by atoms with Gasteiger partial charge >= 0.3 is 5.97 Å². The highest BCUT2D eigenvalue weighted by molar-refractivity contribution is 7.89. The second kappa shape index (κ2) is 9.49. The number of hydrogen-bond acceptors (Lipinski definition) is 6. The largest absolute Gasteiger partial charge is 0.495 e. The third kappa shape index (κ3) is 6.05. The standard InChI is InChI=1S/C22H28N2O6S/c1-22(2,3)16-8-10-17(11-9-16)23-20(25)14-30-21(26)15-7-12-18(29-6)19(13-15)31(27,28)24(4)5/h7-13H,14H2,1-6H3,(H,23,25). The molecular weight excluding hydrogens is 420 g/mol. The first kappa shape index (κ1) is 24.4. The predicted molar refractivity (Wildman–Crippen MR) is 118 cm³/mol. The molecule has 2 aromatic carbocycles. The summed E-state index contributed by atoms with van der Waals surface area (Å²) >= 11 is 0. The van der Waals surface area contributed by atoms with E-state index in [0.717, 1.165) is 9.87 Å². The minimum atomic E-state index is -3.84. The monoisotopic (exact) mass is 448 g/mol. The van der Waals surface area contributed by atoms with Crippen LogP contribution in [-0.2, 0) is 25.0 Å². The molecule has 0 aliphatic heterocycles. The molecule has 0 aliphatic carbocycles. The summed E-state index contributed by atoms with van der Waals surface area (Å²) in [4.78, 5) is 24.3. The van der Waals surface area contributed by atoms with Crippen LogP contribution in [0.25, 0.3) is 0 Å². The Hall–Kier alpha value is -2.91. The van der Waals surface area contributed by atoms with Gasteiger partial charge in [0.05, 0.1) is 12.7 Å². The van der Waals surface area contributed by atoms with E-state index < -0.39 is 28.5 Å². The zero-order valence-electron chi connectivity index (χ0n) is 18.6. The minimum Gasteiger partial charge on any atom is -0.495 e. The van der Waals surface area contributed by atoms with E-state index in [1.807, 2.05) is 12.1 Å². The van der Waals surface area contributed by atoms with Crippen LogP contribution < -0.4 is 10.1 Å². The third-order valence-corrected chi connectivity index (χ3v) is 6.36. The lowest BCUT2D eigenvalue weighted by molar-refractivity contribution is -0.119. The lowest BCUT2D eigenvalue weighted by Gasteiger charge is -2.19. The summed E-state index contributed by atoms with van der Waals surface area (Å²) in [5, 5.41) is 2.66. The molecule has 0 aliphatic rings. The van der Waals surface area contributed by atoms with E-state index >= 15 is 0 Å². The van der Waals surface area contributed by atoms with Crippen molar-refractivity contribution in [3.8, 4) is 5.75 Å². The van der Waals surface area contributed by atoms with Gasteiger partial charge in [0.15, 0.2) is 6.61 Å². The molecule has 0 spiro atoms. The summed E-state index contributed by atoms with van der Waals surface area (Å²) in [7, 11) is 0.239. The van der Waals surface area contributed by atoms with Crippen molar-refractivity contribution in [2.45, 2.75) is 31.1 Å². The van der Waals surface area contributed by atoms with Gasteiger partial charge in [0.2, 0.25) is 10.0 Å². The van der Waals surface area contributed by atoms with Crippen LogP contribution in [0.4, 0.5) is 5.69 Å². The fourth-order valence-electron chi connectivity index (χ4n) is 2.67. The number of nitrogens with zero attached hydrogens (tertiary/aromatic N) is 1. The SMILES string of the molecule is COc1ccc(C(=O)OCC(=O)Nc2ccc(C(C)(C)C)cc2)cc1S(=O)(=O)N(C)C. The first-order valence-corrected chi connectivity index (χ1v) is 11.0. The molecule has 9 heteroatoms. The Labute approximate surface area is 183 Å². The molecule has 1 amide bonds. The maximum Gasteiger partial charge on any atom is 0.338 e. The van der Waals surface area contributed by atoms with Gasteiger partial charge in [0.25, 0.3) is 5.91 Å². The fourth-order valence-corrected chi connectivity index (χ4v) is 3.74. The van der Waals surface area contributed by atoms with E-state index in [-0.39, 0.29) is 21.6 Å². The second-order valence-electron chi connectivity index (χ2n) is 8.10. The number of esters is 1. The van der Waals surface area contributed by atoms with Crippen LogP contribution in [0.15, 0.2) is 47.4 Å². The van der Waals surface area contributed by atoms with Crippen molar-refractivity contribution < 1.29 is 27.5 Å². The lowest BCUT2D eigenvalue weighted by atomic mass is 9.87. The van der Waals surface area contributed by atoms with Gasteiger partial charge in [-0.2, -0.15) is 0 Å². The maximum absolute atomic E-state index is 12.5. The van der Waals surface area contributed by atoms with Gasteiger partial charge in [-0.3, -0.25) is 4.79 Å². The molecule has 8 nitrogen and oxygen atoms in total. The summed E-state index contributed by atoms with van der Waals surface area (Å²) in [5.74, 6) is -1.23. The molecular formula is C22H28N2O6S. The number of nitrogens with one attached hydrogen (secondary N) is 1. The maximum atomic E-state index is 12.5. The molecule has 0 radical (unpaired) electrons. The molecule has 31 heavy (non-hydrogen) atoms. The van der Waals surface area contributed by atoms with Crippen LogP contribution in [0.1, 0.15) is 36.7 Å². The van der Waals surface area contributed by atoms with Crippen LogP contribution in [0, 0.1) is 0 Å². The number of anilines is 1. The van der Waals surface area contributed by atoms with E-state index in [1.165, 1.54) is 39.4 Å². The lowest BCUT2D eigenvalue weighted by Crippen LogP contribution is -2.24. The highest BCUT2D eigenvalue weighted by atomic mass is 32.2. The van der Waals surface area contributed by atoms with Crippen LogP contribution in [0.5, 0.6) is 5.75 Å². The first-order valence-electron chi connectivity index (χ1n) is 9.54. The predicted octanol–water partition coefficient (Wildman–Crippen LogP) is 3.04. The van der Waals surface area contributed by atoms with E-state index in [9.17, 15) is 18.0 Å². The van der Waals surface area contributed by atoms with Crippen LogP contribution in [-0.4, -0.2) is 52.4 Å². The Kier molecular flexibility index (Phi) is 7.45. The number of rotatable bonds is 7. The fraction of sp³-hybridized carbons (Fsp3) is 0.364. The number of amides is 1. The number of hydrogen-bond donors (Lipinski definition) is 1. The average molecular weight is 449 g/mol. The van der Waals surface area contributed by atoms with E-state index in [0.29, 0.717) is 5.69 Å². The quantitative estimate of drug-likeness (QED) is 0.653. The second-order valence-corrected chi connectivity index (χ2v) is 10.2. The Balaban J connectivity index is 2.06. The molecule has 0 atom stereocenters. The van der Waals surface area contributed by atoms with Crippen molar-refractivity contribution in [1.29, 1.82) is 0 Å². The van der Waals surface area contributed by atoms with Crippen LogP contribution in [0.3, 0.4) is 0 Å². The Morgan fingerprint density at radius 1 is 1.03 bits per heavy atom. The highest BCUT2D eigenvalue weighted by Crippen LogP contribution is 2.27. The van der Waals surface area contributed by atoms with Gasteiger partial charge in [0, 0.05) is 19.8 Å². The molecule has 1 N–H and O–H groups in total. The van der Waals surface area contributed by atoms with Crippen LogP contribution >= 0.6 is 0 Å². The zero-order chi connectivity index (χ0) is 23.4. The van der Waals surface area contributed by atoms with Gasteiger partial charge in [-0.15, -0.1) is 0 Å². The van der Waals surface area contributed by atoms with E-state index in [4.69, 9.17) is 9.47 Å². The molecule has 0 bridgehead atoms. The molecule has 2 aromatic rings. The minimum absolute atomic E-state index is 0.00461. The Bertz CT molecular complexity index is 1050. The van der Waals surface area contributed by atoms with Gasteiger partial charge in [-0.1, -0.05) is 32.9 Å². The molecule has 0 unspecified atom stereocenters. The van der Waals surface area contributed by atoms with Crippen molar-refractivity contribution in [2.75, 3.05) is 33.1 Å². The van der Waals surface area contributed by atoms with Crippen molar-refractivity contribution in [3.63, 3.8) is 0 Å². The van der Waals surface area contributed by atoms with Gasteiger partial charge < -0.3 is 14.8 Å². The summed E-state index contributed by atoms with van der Waals surface area (Å²) in [5.41, 5.74) is 1.69. The molecule has 168 valence electrons. The number of ether oxygens (including phenoxy) is 2. The van der Waals surface area contributed by atoms with Crippen molar-refractivity contribution in [1.82, 2.24) is 4.31 Å². The summed E-state index contributed by atoms with van der Waals surface area (Å²) in [6, 6.07) is 11.3. The molecule has 0 heterocycles. The van der Waals surface area contributed by atoms with Crippen LogP contribution in [0.2, 0.25) is 0 Å². The molecule has 2 rings (SSSR count). The normalized spacial score (nSPS) is 11.8. The topological polar surface area (TPSA) is 102 Å². The Morgan fingerprint density at radius 2 is 1.65 bits per heavy atom. The summed E-state index contributed by atoms with van der Waals surface area (Å²) in [6.07, 6.45) is 0. The highest BCUT2D eigenvalue weighted by Gasteiger charge is 2.24. The molecule has 0 saturated heterocycles. The number of carbonyl (C=O) groups excluding carboxylic acids is 2. The number of methoxy groups -OCH3 is 1. The first-order chi connectivity index (χ1) is 14.4. The summed E-state index contributed by atoms with van der Waals surface area (Å²) in [6.45, 7) is 5.76. The smallest absolute Gasteiger partial charge is 0.338 e. The molecule has 0 fully saturated rings. The van der Waals surface area contributed by atoms with Gasteiger partial charge in [-0.25, -0.2) is 17.5 Å². The van der Waals surface area contributed by atoms with Crippen molar-refractivity contribution in [2.24, 2.45) is 0 Å². The molecule has 0 saturated carbocycles. The van der Waals surface area contributed by atoms with Gasteiger partial charge in [0.1, 0.15) is 10.6 Å². The van der Waals surface area contributed by atoms with Crippen molar-refractivity contribution in [3.05, 3.63) is 53.6 Å². The third-order valence-electron chi connectivity index (χ3n) is 4.53. The summed E-state index contributed by atoms with van der Waals surface area (Å²) < 4.78 is 36.1. The Morgan fingerprint density at radius 3 is 2.16 bits per heavy atom. The average Bonchev–Trinajstić information content (AvgIpc) is 2.71. The number of carbonyl (C=O) groups is 2. The number of benzene rings is 2. The molecule has 0 aromatic heterocycles. The van der Waals surface area contributed by atoms with E-state index in [2.05, 4.69) is 26.1 Å². The zero-order valence-corrected chi connectivity index (χ0v) is 19.4. The number of sulfonamides is 1. The van der Waals surface area contributed by atoms with E-state index in [1.54, 1.807) is 12.1 Å². The van der Waals surface area contributed by atoms with Crippen molar-refractivity contribution >= 4 is 27.6 Å².